The first kappa shape index (κ1) is 13.3. The summed E-state index contributed by atoms with van der Waals surface area (Å²) >= 11 is 0. The Hall–Kier alpha value is -2.69. The van der Waals surface area contributed by atoms with Crippen LogP contribution in [0.25, 0.3) is 11.0 Å². The number of rotatable bonds is 4. The van der Waals surface area contributed by atoms with Crippen LogP contribution in [0.15, 0.2) is 42.7 Å². The van der Waals surface area contributed by atoms with Crippen molar-refractivity contribution in [3.8, 4) is 5.75 Å². The lowest BCUT2D eigenvalue weighted by Gasteiger charge is -2.10. The summed E-state index contributed by atoms with van der Waals surface area (Å²) in [5, 5.41) is 3.23. The number of aryl methyl sites for hydroxylation is 1. The topological polar surface area (TPSA) is 59.9 Å². The molecule has 0 radical (unpaired) electrons. The van der Waals surface area contributed by atoms with Gasteiger partial charge in [-0.25, -0.2) is 9.97 Å². The number of anilines is 2. The molecule has 0 fully saturated rings. The number of nitrogens with zero attached hydrogens (tertiary/aromatic N) is 3. The molecule has 1 N–H and O–H groups in total. The molecular weight excluding hydrogens is 264 g/mol. The smallest absolute Gasteiger partial charge is 0.227 e. The van der Waals surface area contributed by atoms with Crippen LogP contribution in [0.1, 0.15) is 12.5 Å². The molecule has 5 nitrogen and oxygen atoms in total. The van der Waals surface area contributed by atoms with E-state index in [1.54, 1.807) is 12.4 Å². The van der Waals surface area contributed by atoms with E-state index in [9.17, 15) is 0 Å². The van der Waals surface area contributed by atoms with E-state index in [2.05, 4.69) is 20.3 Å². The third kappa shape index (κ3) is 2.91. The van der Waals surface area contributed by atoms with Gasteiger partial charge < -0.3 is 10.1 Å². The Morgan fingerprint density at radius 2 is 2.05 bits per heavy atom. The van der Waals surface area contributed by atoms with Gasteiger partial charge >= 0.3 is 0 Å². The summed E-state index contributed by atoms with van der Waals surface area (Å²) in [6, 6.07) is 9.68. The minimum absolute atomic E-state index is 0.558. The Bertz CT molecular complexity index is 773. The zero-order chi connectivity index (χ0) is 14.7. The highest BCUT2D eigenvalue weighted by molar-refractivity contribution is 5.74. The Labute approximate surface area is 123 Å². The molecule has 0 spiro atoms. The fourth-order valence-electron chi connectivity index (χ4n) is 2.08. The van der Waals surface area contributed by atoms with Crippen LogP contribution in [-0.4, -0.2) is 21.6 Å². The summed E-state index contributed by atoms with van der Waals surface area (Å²) in [6.45, 7) is 4.65. The predicted molar refractivity (Wildman–Crippen MR) is 83.0 cm³/mol. The summed E-state index contributed by atoms with van der Waals surface area (Å²) in [4.78, 5) is 13.0. The highest BCUT2D eigenvalue weighted by Gasteiger charge is 2.04. The average molecular weight is 280 g/mol. The number of pyridine rings is 1. The Morgan fingerprint density at radius 3 is 2.86 bits per heavy atom. The molecule has 3 aromatic rings. The van der Waals surface area contributed by atoms with Crippen LogP contribution in [0.3, 0.4) is 0 Å². The summed E-state index contributed by atoms with van der Waals surface area (Å²) < 4.78 is 5.48. The van der Waals surface area contributed by atoms with Crippen LogP contribution in [0.2, 0.25) is 0 Å². The van der Waals surface area contributed by atoms with Gasteiger partial charge in [-0.05, 0) is 49.7 Å². The molecule has 5 heteroatoms. The minimum Gasteiger partial charge on any atom is -0.494 e. The van der Waals surface area contributed by atoms with E-state index in [1.807, 2.05) is 44.2 Å². The molecule has 0 aliphatic heterocycles. The molecule has 21 heavy (non-hydrogen) atoms. The van der Waals surface area contributed by atoms with Gasteiger partial charge in [0.1, 0.15) is 11.3 Å². The van der Waals surface area contributed by atoms with Crippen molar-refractivity contribution in [1.82, 2.24) is 15.0 Å². The van der Waals surface area contributed by atoms with Crippen molar-refractivity contribution in [2.45, 2.75) is 13.8 Å². The van der Waals surface area contributed by atoms with Crippen LogP contribution >= 0.6 is 0 Å². The summed E-state index contributed by atoms with van der Waals surface area (Å²) in [5.74, 6) is 1.42. The number of benzene rings is 1. The predicted octanol–water partition coefficient (Wildman–Crippen LogP) is 3.48. The molecule has 0 saturated heterocycles. The summed E-state index contributed by atoms with van der Waals surface area (Å²) in [7, 11) is 0. The fourth-order valence-corrected chi connectivity index (χ4v) is 2.08. The second-order valence-electron chi connectivity index (χ2n) is 4.64. The summed E-state index contributed by atoms with van der Waals surface area (Å²) in [6.07, 6.45) is 3.45. The van der Waals surface area contributed by atoms with Crippen LogP contribution in [0.4, 0.5) is 11.6 Å². The number of fused-ring (bicyclic) bond motifs is 1. The first-order valence-corrected chi connectivity index (χ1v) is 6.84. The monoisotopic (exact) mass is 280 g/mol. The van der Waals surface area contributed by atoms with Crippen molar-refractivity contribution in [3.63, 3.8) is 0 Å². The van der Waals surface area contributed by atoms with E-state index in [-0.39, 0.29) is 0 Å². The first-order chi connectivity index (χ1) is 10.3. The number of hydrogen-bond acceptors (Lipinski definition) is 5. The zero-order valence-electron chi connectivity index (χ0n) is 12.0. The molecule has 3 rings (SSSR count). The van der Waals surface area contributed by atoms with Gasteiger partial charge in [0.15, 0.2) is 0 Å². The summed E-state index contributed by atoms with van der Waals surface area (Å²) in [5.41, 5.74) is 3.64. The van der Waals surface area contributed by atoms with Gasteiger partial charge in [-0.1, -0.05) is 0 Å². The second kappa shape index (κ2) is 5.75. The molecule has 106 valence electrons. The molecule has 2 heterocycles. The third-order valence-electron chi connectivity index (χ3n) is 3.11. The standard InChI is InChI=1S/C16H16N4O/c1-3-21-12-6-7-13(11(2)9-12)19-16-18-10-15-14(20-16)5-4-8-17-15/h4-10H,3H2,1-2H3,(H,18,19,20). The van der Waals surface area contributed by atoms with E-state index in [4.69, 9.17) is 4.74 Å². The van der Waals surface area contributed by atoms with Gasteiger partial charge in [0.2, 0.25) is 5.95 Å². The molecule has 2 aromatic heterocycles. The molecule has 0 bridgehead atoms. The van der Waals surface area contributed by atoms with E-state index in [0.29, 0.717) is 12.6 Å². The number of aromatic nitrogens is 3. The molecule has 1 aromatic carbocycles. The van der Waals surface area contributed by atoms with Gasteiger partial charge in [0.05, 0.1) is 18.3 Å². The lowest BCUT2D eigenvalue weighted by Crippen LogP contribution is -2.00. The van der Waals surface area contributed by atoms with Crippen molar-refractivity contribution in [2.24, 2.45) is 0 Å². The molecular formula is C16H16N4O. The maximum atomic E-state index is 5.48. The minimum atomic E-state index is 0.558. The second-order valence-corrected chi connectivity index (χ2v) is 4.64. The van der Waals surface area contributed by atoms with Crippen LogP contribution in [-0.2, 0) is 0 Å². The Balaban J connectivity index is 1.87. The van der Waals surface area contributed by atoms with E-state index < -0.39 is 0 Å². The van der Waals surface area contributed by atoms with Crippen molar-refractivity contribution in [1.29, 1.82) is 0 Å². The largest absolute Gasteiger partial charge is 0.494 e. The van der Waals surface area contributed by atoms with Gasteiger partial charge in [-0.15, -0.1) is 0 Å². The van der Waals surface area contributed by atoms with Crippen molar-refractivity contribution in [3.05, 3.63) is 48.3 Å². The van der Waals surface area contributed by atoms with Gasteiger partial charge in [0.25, 0.3) is 0 Å². The van der Waals surface area contributed by atoms with Crippen molar-refractivity contribution < 1.29 is 4.74 Å². The van der Waals surface area contributed by atoms with Gasteiger partial charge in [0, 0.05) is 11.9 Å². The van der Waals surface area contributed by atoms with Crippen LogP contribution in [0.5, 0.6) is 5.75 Å². The number of nitrogens with one attached hydrogen (secondary N) is 1. The highest BCUT2D eigenvalue weighted by Crippen LogP contribution is 2.23. The highest BCUT2D eigenvalue weighted by atomic mass is 16.5. The normalized spacial score (nSPS) is 10.6. The van der Waals surface area contributed by atoms with E-state index in [1.165, 1.54) is 0 Å². The molecule has 0 atom stereocenters. The quantitative estimate of drug-likeness (QED) is 0.793. The molecule has 0 unspecified atom stereocenters. The number of hydrogen-bond donors (Lipinski definition) is 1. The molecule has 0 saturated carbocycles. The van der Waals surface area contributed by atoms with E-state index >= 15 is 0 Å². The number of ether oxygens (including phenoxy) is 1. The Kier molecular flexibility index (Phi) is 3.64. The van der Waals surface area contributed by atoms with Gasteiger partial charge in [-0.2, -0.15) is 0 Å². The molecule has 0 amide bonds. The lowest BCUT2D eigenvalue weighted by molar-refractivity contribution is 0.340. The third-order valence-corrected chi connectivity index (χ3v) is 3.11. The lowest BCUT2D eigenvalue weighted by atomic mass is 10.2. The molecule has 0 aliphatic rings. The average Bonchev–Trinajstić information content (AvgIpc) is 2.50. The zero-order valence-corrected chi connectivity index (χ0v) is 12.0. The van der Waals surface area contributed by atoms with Crippen molar-refractivity contribution >= 4 is 22.7 Å². The fraction of sp³-hybridized carbons (Fsp3) is 0.188. The van der Waals surface area contributed by atoms with E-state index in [0.717, 1.165) is 28.0 Å². The SMILES string of the molecule is CCOc1ccc(Nc2ncc3ncccc3n2)c(C)c1. The van der Waals surface area contributed by atoms with Crippen LogP contribution < -0.4 is 10.1 Å². The molecule has 0 aliphatic carbocycles. The first-order valence-electron chi connectivity index (χ1n) is 6.84. The van der Waals surface area contributed by atoms with Crippen LogP contribution in [0, 0.1) is 6.92 Å². The maximum absolute atomic E-state index is 5.48. The maximum Gasteiger partial charge on any atom is 0.227 e. The Morgan fingerprint density at radius 1 is 1.14 bits per heavy atom. The van der Waals surface area contributed by atoms with Crippen molar-refractivity contribution in [2.75, 3.05) is 11.9 Å². The van der Waals surface area contributed by atoms with Gasteiger partial charge in [-0.3, -0.25) is 4.98 Å².